The first-order valence-corrected chi connectivity index (χ1v) is 5.17. The molecule has 2 aromatic rings. The molecule has 90 valence electrons. The van der Waals surface area contributed by atoms with Crippen LogP contribution in [0.3, 0.4) is 0 Å². The summed E-state index contributed by atoms with van der Waals surface area (Å²) < 4.78 is 11.3. The maximum atomic E-state index is 11.2. The summed E-state index contributed by atoms with van der Waals surface area (Å²) in [6.45, 7) is 2.07. The Balaban J connectivity index is 2.08. The Hall–Kier alpha value is -2.18. The SMILES string of the molecule is CCOC(=O)Cc1nc(-c2ccn(C)n2)no1. The van der Waals surface area contributed by atoms with E-state index in [-0.39, 0.29) is 18.3 Å². The van der Waals surface area contributed by atoms with E-state index >= 15 is 0 Å². The molecule has 0 aliphatic rings. The van der Waals surface area contributed by atoms with E-state index in [0.29, 0.717) is 18.1 Å². The second-order valence-corrected chi connectivity index (χ2v) is 3.37. The van der Waals surface area contributed by atoms with Crippen LogP contribution in [-0.4, -0.2) is 32.5 Å². The van der Waals surface area contributed by atoms with Crippen molar-refractivity contribution in [2.45, 2.75) is 13.3 Å². The Kier molecular flexibility index (Phi) is 3.17. The molecule has 0 aliphatic carbocycles. The molecule has 2 rings (SSSR count). The number of aromatic nitrogens is 4. The fourth-order valence-corrected chi connectivity index (χ4v) is 1.30. The number of rotatable bonds is 4. The minimum atomic E-state index is -0.385. The van der Waals surface area contributed by atoms with Crippen LogP contribution >= 0.6 is 0 Å². The average molecular weight is 236 g/mol. The Labute approximate surface area is 97.4 Å². The molecule has 0 spiro atoms. The predicted molar refractivity (Wildman–Crippen MR) is 56.8 cm³/mol. The monoisotopic (exact) mass is 236 g/mol. The second kappa shape index (κ2) is 4.77. The lowest BCUT2D eigenvalue weighted by Crippen LogP contribution is -2.07. The lowest BCUT2D eigenvalue weighted by atomic mass is 10.4. The topological polar surface area (TPSA) is 83.0 Å². The third-order valence-electron chi connectivity index (χ3n) is 2.01. The number of carbonyl (C=O) groups is 1. The van der Waals surface area contributed by atoms with Crippen LogP contribution in [0.15, 0.2) is 16.8 Å². The van der Waals surface area contributed by atoms with E-state index in [9.17, 15) is 4.79 Å². The van der Waals surface area contributed by atoms with Crippen LogP contribution < -0.4 is 0 Å². The molecule has 0 fully saturated rings. The van der Waals surface area contributed by atoms with Crippen LogP contribution in [-0.2, 0) is 23.0 Å². The molecule has 0 bridgehead atoms. The Morgan fingerprint density at radius 1 is 1.59 bits per heavy atom. The predicted octanol–water partition coefficient (Wildman–Crippen LogP) is 0.576. The van der Waals surface area contributed by atoms with Gasteiger partial charge in [-0.25, -0.2) is 0 Å². The summed E-state index contributed by atoms with van der Waals surface area (Å²) in [7, 11) is 1.79. The maximum absolute atomic E-state index is 11.2. The van der Waals surface area contributed by atoms with E-state index < -0.39 is 0 Å². The van der Waals surface area contributed by atoms with Crippen LogP contribution in [0.4, 0.5) is 0 Å². The Morgan fingerprint density at radius 3 is 3.06 bits per heavy atom. The lowest BCUT2D eigenvalue weighted by molar-refractivity contribution is -0.142. The molecular weight excluding hydrogens is 224 g/mol. The third kappa shape index (κ3) is 2.68. The summed E-state index contributed by atoms with van der Waals surface area (Å²) >= 11 is 0. The first-order chi connectivity index (χ1) is 8.19. The number of esters is 1. The fourth-order valence-electron chi connectivity index (χ4n) is 1.30. The van der Waals surface area contributed by atoms with Gasteiger partial charge in [-0.05, 0) is 13.0 Å². The second-order valence-electron chi connectivity index (χ2n) is 3.37. The van der Waals surface area contributed by atoms with Gasteiger partial charge in [-0.3, -0.25) is 9.48 Å². The summed E-state index contributed by atoms with van der Waals surface area (Å²) in [4.78, 5) is 15.3. The fraction of sp³-hybridized carbons (Fsp3) is 0.400. The largest absolute Gasteiger partial charge is 0.466 e. The van der Waals surface area contributed by atoms with Gasteiger partial charge in [-0.1, -0.05) is 5.16 Å². The minimum absolute atomic E-state index is 0.0202. The summed E-state index contributed by atoms with van der Waals surface area (Å²) in [5.74, 6) is 0.206. The summed E-state index contributed by atoms with van der Waals surface area (Å²) in [5.41, 5.74) is 0.603. The lowest BCUT2D eigenvalue weighted by Gasteiger charge is -1.96. The first kappa shape index (κ1) is 11.3. The van der Waals surface area contributed by atoms with Crippen molar-refractivity contribution in [1.29, 1.82) is 0 Å². The number of nitrogens with zero attached hydrogens (tertiary/aromatic N) is 4. The summed E-state index contributed by atoms with van der Waals surface area (Å²) in [6, 6.07) is 1.76. The van der Waals surface area contributed by atoms with Gasteiger partial charge in [-0.15, -0.1) is 0 Å². The zero-order valence-corrected chi connectivity index (χ0v) is 9.58. The van der Waals surface area contributed by atoms with Crippen LogP contribution in [0.5, 0.6) is 0 Å². The standard InChI is InChI=1S/C10H12N4O3/c1-3-16-9(15)6-8-11-10(13-17-8)7-4-5-14(2)12-7/h4-5H,3,6H2,1-2H3. The molecule has 0 radical (unpaired) electrons. The van der Waals surface area contributed by atoms with Crippen molar-refractivity contribution in [3.8, 4) is 11.5 Å². The highest BCUT2D eigenvalue weighted by Gasteiger charge is 2.14. The van der Waals surface area contributed by atoms with Gasteiger partial charge < -0.3 is 9.26 Å². The molecular formula is C10H12N4O3. The van der Waals surface area contributed by atoms with Crippen LogP contribution in [0.1, 0.15) is 12.8 Å². The van der Waals surface area contributed by atoms with Crippen molar-refractivity contribution in [1.82, 2.24) is 19.9 Å². The van der Waals surface area contributed by atoms with E-state index in [1.807, 2.05) is 0 Å². The Morgan fingerprint density at radius 2 is 2.41 bits per heavy atom. The molecule has 2 aromatic heterocycles. The number of ether oxygens (including phenoxy) is 1. The van der Waals surface area contributed by atoms with Gasteiger partial charge in [0.2, 0.25) is 11.7 Å². The normalized spacial score (nSPS) is 10.5. The summed E-state index contributed by atoms with van der Waals surface area (Å²) in [6.07, 6.45) is 1.75. The van der Waals surface area contributed by atoms with E-state index in [1.165, 1.54) is 0 Å². The molecule has 7 heteroatoms. The van der Waals surface area contributed by atoms with Gasteiger partial charge in [-0.2, -0.15) is 10.1 Å². The number of aryl methyl sites for hydroxylation is 1. The highest BCUT2D eigenvalue weighted by atomic mass is 16.5. The molecule has 2 heterocycles. The molecule has 7 nitrogen and oxygen atoms in total. The van der Waals surface area contributed by atoms with Crippen LogP contribution in [0.25, 0.3) is 11.5 Å². The van der Waals surface area contributed by atoms with Crippen molar-refractivity contribution in [3.05, 3.63) is 18.2 Å². The van der Waals surface area contributed by atoms with Gasteiger partial charge >= 0.3 is 5.97 Å². The average Bonchev–Trinajstić information content (AvgIpc) is 2.87. The molecule has 0 amide bonds. The van der Waals surface area contributed by atoms with Crippen molar-refractivity contribution in [2.24, 2.45) is 7.05 Å². The molecule has 0 aliphatic heterocycles. The van der Waals surface area contributed by atoms with Crippen molar-refractivity contribution in [3.63, 3.8) is 0 Å². The van der Waals surface area contributed by atoms with E-state index in [1.54, 1.807) is 30.9 Å². The maximum Gasteiger partial charge on any atom is 0.315 e. The van der Waals surface area contributed by atoms with E-state index in [4.69, 9.17) is 9.26 Å². The number of hydrogen-bond acceptors (Lipinski definition) is 6. The molecule has 0 saturated carbocycles. The first-order valence-electron chi connectivity index (χ1n) is 5.17. The molecule has 0 unspecified atom stereocenters. The van der Waals surface area contributed by atoms with E-state index in [2.05, 4.69) is 15.2 Å². The number of hydrogen-bond donors (Lipinski definition) is 0. The Bertz CT molecular complexity index is 517. The van der Waals surface area contributed by atoms with Crippen molar-refractivity contribution >= 4 is 5.97 Å². The van der Waals surface area contributed by atoms with Gasteiger partial charge in [0, 0.05) is 13.2 Å². The van der Waals surface area contributed by atoms with E-state index in [0.717, 1.165) is 0 Å². The van der Waals surface area contributed by atoms with Crippen molar-refractivity contribution < 1.29 is 14.1 Å². The van der Waals surface area contributed by atoms with Gasteiger partial charge in [0.25, 0.3) is 0 Å². The van der Waals surface area contributed by atoms with Gasteiger partial charge in [0.1, 0.15) is 12.1 Å². The molecule has 0 aromatic carbocycles. The third-order valence-corrected chi connectivity index (χ3v) is 2.01. The molecule has 0 N–H and O–H groups in total. The zero-order valence-electron chi connectivity index (χ0n) is 9.58. The van der Waals surface area contributed by atoms with Gasteiger partial charge in [0.05, 0.1) is 6.61 Å². The van der Waals surface area contributed by atoms with Crippen molar-refractivity contribution in [2.75, 3.05) is 6.61 Å². The van der Waals surface area contributed by atoms with Crippen LogP contribution in [0, 0.1) is 0 Å². The smallest absolute Gasteiger partial charge is 0.315 e. The molecule has 17 heavy (non-hydrogen) atoms. The molecule has 0 atom stereocenters. The molecule has 0 saturated heterocycles. The van der Waals surface area contributed by atoms with Crippen LogP contribution in [0.2, 0.25) is 0 Å². The quantitative estimate of drug-likeness (QED) is 0.722. The highest BCUT2D eigenvalue weighted by molar-refractivity contribution is 5.71. The number of carbonyl (C=O) groups excluding carboxylic acids is 1. The van der Waals surface area contributed by atoms with Gasteiger partial charge in [0.15, 0.2) is 0 Å². The summed E-state index contributed by atoms with van der Waals surface area (Å²) in [5, 5.41) is 7.87. The highest BCUT2D eigenvalue weighted by Crippen LogP contribution is 2.12. The zero-order chi connectivity index (χ0) is 12.3. The minimum Gasteiger partial charge on any atom is -0.466 e.